The highest BCUT2D eigenvalue weighted by atomic mass is 32.2. The smallest absolute Gasteiger partial charge is 0.139 e. The summed E-state index contributed by atoms with van der Waals surface area (Å²) in [6.07, 6.45) is 0. The van der Waals surface area contributed by atoms with Crippen molar-refractivity contribution in [3.8, 4) is 0 Å². The highest BCUT2D eigenvalue weighted by Crippen LogP contribution is 2.57. The van der Waals surface area contributed by atoms with Crippen LogP contribution in [-0.2, 0) is 0 Å². The lowest BCUT2D eigenvalue weighted by Gasteiger charge is -2.28. The van der Waals surface area contributed by atoms with Gasteiger partial charge in [0.1, 0.15) is 33.0 Å². The van der Waals surface area contributed by atoms with E-state index in [1.54, 1.807) is 11.8 Å². The molecule has 0 aliphatic rings. The van der Waals surface area contributed by atoms with Crippen molar-refractivity contribution in [2.75, 3.05) is 19.6 Å². The van der Waals surface area contributed by atoms with Gasteiger partial charge in [-0.2, -0.15) is 0 Å². The van der Waals surface area contributed by atoms with E-state index in [4.69, 9.17) is 12.2 Å². The molecule has 0 unspecified atom stereocenters. The number of thioether (sulfide) groups is 1. The summed E-state index contributed by atoms with van der Waals surface area (Å²) in [5, 5.41) is 4.18. The molecule has 0 heterocycles. The van der Waals surface area contributed by atoms with Crippen molar-refractivity contribution in [1.29, 1.82) is 0 Å². The molecule has 0 saturated heterocycles. The first-order valence-electron chi connectivity index (χ1n) is 8.53. The summed E-state index contributed by atoms with van der Waals surface area (Å²) in [6.45, 7) is 0. The van der Waals surface area contributed by atoms with Gasteiger partial charge < -0.3 is 4.90 Å². The molecule has 0 aliphatic heterocycles. The molecule has 0 amide bonds. The molecule has 0 bridgehead atoms. The summed E-state index contributed by atoms with van der Waals surface area (Å²) >= 11 is 7.39. The summed E-state index contributed by atoms with van der Waals surface area (Å²) < 4.78 is 0.928. The molecule has 1 nitrogen and oxygen atoms in total. The normalized spacial score (nSPS) is 11.2. The van der Waals surface area contributed by atoms with Gasteiger partial charge in [0.15, 0.2) is 0 Å². The Bertz CT molecular complexity index is 739. The van der Waals surface area contributed by atoms with Crippen molar-refractivity contribution in [2.45, 2.75) is 0 Å². The van der Waals surface area contributed by atoms with Gasteiger partial charge in [0, 0.05) is 14.1 Å². The minimum Gasteiger partial charge on any atom is -0.364 e. The van der Waals surface area contributed by atoms with Crippen molar-refractivity contribution in [3.05, 3.63) is 91.0 Å². The molecule has 0 saturated carbocycles. The predicted octanol–water partition coefficient (Wildman–Crippen LogP) is 4.52. The van der Waals surface area contributed by atoms with Crippen LogP contribution in [0, 0.1) is 0 Å². The summed E-state index contributed by atoms with van der Waals surface area (Å²) in [4.78, 5) is 2.02. The zero-order valence-electron chi connectivity index (χ0n) is 15.1. The second-order valence-corrected chi connectivity index (χ2v) is 11.8. The molecule has 3 aromatic carbocycles. The quantitative estimate of drug-likeness (QED) is 0.461. The number of hydrogen-bond acceptors (Lipinski definition) is 2. The monoisotopic (exact) mass is 396 g/mol. The maximum Gasteiger partial charge on any atom is 0.139 e. The van der Waals surface area contributed by atoms with Crippen LogP contribution in [0.15, 0.2) is 91.0 Å². The molecule has 3 aromatic rings. The van der Waals surface area contributed by atoms with Gasteiger partial charge >= 0.3 is 0 Å². The van der Waals surface area contributed by atoms with Crippen LogP contribution in [0.25, 0.3) is 0 Å². The van der Waals surface area contributed by atoms with Crippen LogP contribution >= 0.6 is 31.2 Å². The third-order valence-electron chi connectivity index (χ3n) is 4.34. The van der Waals surface area contributed by atoms with Gasteiger partial charge in [0.05, 0.1) is 0 Å². The fourth-order valence-electron chi connectivity index (χ4n) is 3.00. The molecule has 0 spiro atoms. The van der Waals surface area contributed by atoms with Crippen LogP contribution in [0.4, 0.5) is 0 Å². The van der Waals surface area contributed by atoms with Crippen LogP contribution in [0.3, 0.4) is 0 Å². The van der Waals surface area contributed by atoms with E-state index >= 15 is 0 Å². The summed E-state index contributed by atoms with van der Waals surface area (Å²) in [5.74, 6) is 0. The molecule has 0 N–H and O–H groups in total. The van der Waals surface area contributed by atoms with E-state index in [1.165, 1.54) is 15.9 Å². The van der Waals surface area contributed by atoms with Crippen LogP contribution in [0.1, 0.15) is 0 Å². The Balaban J connectivity index is 2.19. The second-order valence-electron chi connectivity index (χ2n) is 6.25. The topological polar surface area (TPSA) is 3.24 Å². The lowest BCUT2D eigenvalue weighted by atomic mass is 10.4. The average molecular weight is 397 g/mol. The molecular formula is C22H23NPS2+. The van der Waals surface area contributed by atoms with E-state index in [2.05, 4.69) is 91.0 Å². The SMILES string of the molecule is CN(C)C(=S)SC[P+](c1ccccc1)(c1ccccc1)c1ccccc1. The number of thiocarbonyl (C=S) groups is 1. The maximum atomic E-state index is 5.60. The first-order chi connectivity index (χ1) is 12.6. The number of hydrogen-bond donors (Lipinski definition) is 0. The first-order valence-corrected chi connectivity index (χ1v) is 11.9. The lowest BCUT2D eigenvalue weighted by Crippen LogP contribution is -2.33. The van der Waals surface area contributed by atoms with E-state index in [1.807, 2.05) is 19.0 Å². The predicted molar refractivity (Wildman–Crippen MR) is 124 cm³/mol. The molecule has 132 valence electrons. The van der Waals surface area contributed by atoms with Gasteiger partial charge in [-0.25, -0.2) is 0 Å². The number of nitrogens with zero attached hydrogens (tertiary/aromatic N) is 1. The van der Waals surface area contributed by atoms with Crippen molar-refractivity contribution >= 4 is 51.5 Å². The minimum atomic E-state index is -1.80. The molecule has 0 aliphatic carbocycles. The van der Waals surface area contributed by atoms with Crippen LogP contribution in [0.2, 0.25) is 0 Å². The Hall–Kier alpha value is -1.67. The molecule has 0 fully saturated rings. The lowest BCUT2D eigenvalue weighted by molar-refractivity contribution is 0.648. The third kappa shape index (κ3) is 4.01. The van der Waals surface area contributed by atoms with E-state index in [0.717, 1.165) is 9.81 Å². The van der Waals surface area contributed by atoms with Gasteiger partial charge in [0.25, 0.3) is 0 Å². The summed E-state index contributed by atoms with van der Waals surface area (Å²) in [6, 6.07) is 32.8. The van der Waals surface area contributed by atoms with E-state index in [-0.39, 0.29) is 0 Å². The van der Waals surface area contributed by atoms with E-state index in [9.17, 15) is 0 Å². The molecule has 4 heteroatoms. The number of rotatable bonds is 5. The Labute approximate surface area is 166 Å². The fourth-order valence-corrected chi connectivity index (χ4v) is 9.67. The van der Waals surface area contributed by atoms with Gasteiger partial charge in [-0.15, -0.1) is 0 Å². The highest BCUT2D eigenvalue weighted by Gasteiger charge is 2.45. The zero-order valence-corrected chi connectivity index (χ0v) is 17.6. The van der Waals surface area contributed by atoms with Crippen molar-refractivity contribution in [3.63, 3.8) is 0 Å². The summed E-state index contributed by atoms with van der Waals surface area (Å²) in [5.41, 5.74) is 0.960. The van der Waals surface area contributed by atoms with Gasteiger partial charge in [-0.3, -0.25) is 0 Å². The van der Waals surface area contributed by atoms with Gasteiger partial charge in [0.2, 0.25) is 0 Å². The highest BCUT2D eigenvalue weighted by molar-refractivity contribution is 8.28. The van der Waals surface area contributed by atoms with Crippen LogP contribution in [0.5, 0.6) is 0 Å². The average Bonchev–Trinajstić information content (AvgIpc) is 2.70. The summed E-state index contributed by atoms with van der Waals surface area (Å²) in [7, 11) is 2.24. The Kier molecular flexibility index (Phi) is 6.48. The van der Waals surface area contributed by atoms with E-state index < -0.39 is 7.26 Å². The maximum absolute atomic E-state index is 5.60. The van der Waals surface area contributed by atoms with Crippen LogP contribution < -0.4 is 15.9 Å². The van der Waals surface area contributed by atoms with E-state index in [0.29, 0.717) is 0 Å². The molecular weight excluding hydrogens is 373 g/mol. The second kappa shape index (κ2) is 8.81. The van der Waals surface area contributed by atoms with Gasteiger partial charge in [-0.05, 0) is 36.4 Å². The van der Waals surface area contributed by atoms with Crippen molar-refractivity contribution in [1.82, 2.24) is 4.90 Å². The fraction of sp³-hybridized carbons (Fsp3) is 0.136. The zero-order chi connectivity index (χ0) is 18.4. The standard InChI is InChI=1S/C22H23NPS2/c1-23(2)22(25)26-18-24(19-12-6-3-7-13-19,20-14-8-4-9-15-20)21-16-10-5-11-17-21/h3-17H,18H2,1-2H3/q+1. The Morgan fingerprint density at radius 3 is 1.38 bits per heavy atom. The molecule has 0 radical (unpaired) electrons. The largest absolute Gasteiger partial charge is 0.364 e. The minimum absolute atomic E-state index is 0.928. The Morgan fingerprint density at radius 2 is 1.08 bits per heavy atom. The molecule has 26 heavy (non-hydrogen) atoms. The van der Waals surface area contributed by atoms with Crippen molar-refractivity contribution in [2.24, 2.45) is 0 Å². The molecule has 3 rings (SSSR count). The van der Waals surface area contributed by atoms with Crippen LogP contribution in [-0.4, -0.2) is 28.8 Å². The third-order valence-corrected chi connectivity index (χ3v) is 11.3. The van der Waals surface area contributed by atoms with Gasteiger partial charge in [-0.1, -0.05) is 78.6 Å². The number of benzene rings is 3. The molecule has 0 aromatic heterocycles. The molecule has 0 atom stereocenters. The van der Waals surface area contributed by atoms with Crippen molar-refractivity contribution < 1.29 is 0 Å². The first kappa shape index (κ1) is 19.1. The Morgan fingerprint density at radius 1 is 0.731 bits per heavy atom.